The van der Waals surface area contributed by atoms with Gasteiger partial charge in [0.1, 0.15) is 19.3 Å². The quantitative estimate of drug-likeness (QED) is 0.0222. The van der Waals surface area contributed by atoms with Gasteiger partial charge in [0.15, 0.2) is 12.2 Å². The lowest BCUT2D eigenvalue weighted by Gasteiger charge is -2.21. The van der Waals surface area contributed by atoms with Gasteiger partial charge in [-0.3, -0.25) is 37.3 Å². The normalized spacial score (nSPS) is 14.4. The third-order valence-electron chi connectivity index (χ3n) is 18.2. The molecule has 0 radical (unpaired) electrons. The molecular formula is C77H150O17P2. The predicted molar refractivity (Wildman–Crippen MR) is 391 cm³/mol. The third-order valence-corrected chi connectivity index (χ3v) is 20.1. The lowest BCUT2D eigenvalue weighted by molar-refractivity contribution is -0.161. The summed E-state index contributed by atoms with van der Waals surface area (Å²) in [7, 11) is -9.91. The second-order valence-corrected chi connectivity index (χ2v) is 32.3. The van der Waals surface area contributed by atoms with Gasteiger partial charge < -0.3 is 33.8 Å². The van der Waals surface area contributed by atoms with Crippen LogP contribution in [0.25, 0.3) is 0 Å². The van der Waals surface area contributed by atoms with E-state index in [-0.39, 0.29) is 25.7 Å². The Morgan fingerprint density at radius 2 is 0.500 bits per heavy atom. The molecule has 0 rings (SSSR count). The van der Waals surface area contributed by atoms with Crippen molar-refractivity contribution in [2.45, 2.75) is 408 Å². The molecule has 96 heavy (non-hydrogen) atoms. The minimum absolute atomic E-state index is 0.105. The molecule has 0 saturated heterocycles. The van der Waals surface area contributed by atoms with Crippen LogP contribution < -0.4 is 0 Å². The Morgan fingerprint density at radius 1 is 0.292 bits per heavy atom. The second kappa shape index (κ2) is 66.3. The van der Waals surface area contributed by atoms with E-state index in [1.54, 1.807) is 0 Å². The highest BCUT2D eigenvalue weighted by Gasteiger charge is 2.30. The fourth-order valence-electron chi connectivity index (χ4n) is 11.7. The molecule has 0 aromatic heterocycles. The molecule has 0 aliphatic rings. The van der Waals surface area contributed by atoms with Gasteiger partial charge in [-0.05, 0) is 49.4 Å². The summed E-state index contributed by atoms with van der Waals surface area (Å²) in [6, 6.07) is 0. The number of ether oxygens (including phenoxy) is 4. The monoisotopic (exact) mass is 1410 g/mol. The number of hydrogen-bond donors (Lipinski definition) is 3. The molecule has 0 spiro atoms. The Hall–Kier alpha value is -1.94. The van der Waals surface area contributed by atoms with Crippen molar-refractivity contribution >= 4 is 39.5 Å². The molecule has 6 atom stereocenters. The molecule has 17 nitrogen and oxygen atoms in total. The van der Waals surface area contributed by atoms with Crippen LogP contribution in [0.3, 0.4) is 0 Å². The molecule has 0 heterocycles. The average molecular weight is 1410 g/mol. The summed E-state index contributed by atoms with van der Waals surface area (Å²) in [6.07, 6.45) is 51.5. The highest BCUT2D eigenvalue weighted by Crippen LogP contribution is 2.45. The van der Waals surface area contributed by atoms with Crippen molar-refractivity contribution in [3.63, 3.8) is 0 Å². The van der Waals surface area contributed by atoms with Crippen LogP contribution >= 0.6 is 15.6 Å². The van der Waals surface area contributed by atoms with E-state index in [0.717, 1.165) is 114 Å². The summed E-state index contributed by atoms with van der Waals surface area (Å²) in [4.78, 5) is 72.8. The number of rotatable bonds is 74. The number of phosphoric ester groups is 2. The lowest BCUT2D eigenvalue weighted by atomic mass is 9.99. The summed E-state index contributed by atoms with van der Waals surface area (Å²) >= 11 is 0. The zero-order valence-electron chi connectivity index (χ0n) is 63.0. The maximum Gasteiger partial charge on any atom is 0.472 e. The molecule has 3 N–H and O–H groups in total. The second-order valence-electron chi connectivity index (χ2n) is 29.4. The number of esters is 4. The zero-order valence-corrected chi connectivity index (χ0v) is 64.8. The Labute approximate surface area is 588 Å². The number of hydrogen-bond acceptors (Lipinski definition) is 15. The molecule has 0 fully saturated rings. The number of aliphatic hydroxyl groups excluding tert-OH is 1. The molecule has 0 aromatic rings. The molecule has 570 valence electrons. The van der Waals surface area contributed by atoms with Crippen LogP contribution in [0.4, 0.5) is 0 Å². The van der Waals surface area contributed by atoms with Gasteiger partial charge in [-0.25, -0.2) is 9.13 Å². The molecule has 19 heteroatoms. The topological polar surface area (TPSA) is 237 Å². The highest BCUT2D eigenvalue weighted by molar-refractivity contribution is 7.47. The van der Waals surface area contributed by atoms with Gasteiger partial charge in [-0.2, -0.15) is 0 Å². The Balaban J connectivity index is 5.19. The zero-order chi connectivity index (χ0) is 71.0. The van der Waals surface area contributed by atoms with Gasteiger partial charge >= 0.3 is 39.5 Å². The lowest BCUT2D eigenvalue weighted by Crippen LogP contribution is -2.30. The van der Waals surface area contributed by atoms with Crippen LogP contribution in [-0.2, 0) is 65.4 Å². The molecule has 0 aromatic carbocycles. The van der Waals surface area contributed by atoms with E-state index in [0.29, 0.717) is 31.6 Å². The van der Waals surface area contributed by atoms with Crippen LogP contribution in [0.5, 0.6) is 0 Å². The van der Waals surface area contributed by atoms with Crippen LogP contribution in [0, 0.1) is 23.7 Å². The van der Waals surface area contributed by atoms with Crippen molar-refractivity contribution in [1.82, 2.24) is 0 Å². The fourth-order valence-corrected chi connectivity index (χ4v) is 13.3. The fraction of sp³-hybridized carbons (Fsp3) is 0.948. The van der Waals surface area contributed by atoms with E-state index in [1.807, 2.05) is 0 Å². The number of carbonyl (C=O) groups excluding carboxylic acids is 4. The van der Waals surface area contributed by atoms with E-state index in [2.05, 4.69) is 55.4 Å². The minimum atomic E-state index is -4.96. The highest BCUT2D eigenvalue weighted by atomic mass is 31.2. The van der Waals surface area contributed by atoms with Gasteiger partial charge in [0.25, 0.3) is 0 Å². The van der Waals surface area contributed by atoms with E-state index in [4.69, 9.17) is 37.0 Å². The first-order chi connectivity index (χ1) is 46.1. The summed E-state index contributed by atoms with van der Waals surface area (Å²) in [5, 5.41) is 10.6. The molecule has 4 unspecified atom stereocenters. The van der Waals surface area contributed by atoms with Gasteiger partial charge in [0.2, 0.25) is 0 Å². The van der Waals surface area contributed by atoms with Crippen molar-refractivity contribution in [1.29, 1.82) is 0 Å². The molecular weight excluding hydrogens is 1260 g/mol. The Morgan fingerprint density at radius 3 is 0.740 bits per heavy atom. The molecule has 0 amide bonds. The standard InChI is InChI=1S/C77H150O17P2/c1-9-70(8)56-48-40-32-23-20-21-25-35-44-52-60-77(82)93-72(63-87-74(79)57-49-41-33-27-26-30-38-46-54-68(4)5)65-91-95(83,84)89-61-71(78)62-90-96(85,86)92-66-73(64-88-75(80)58-50-42-36-28-31-39-47-55-69(6)7)94-76(81)59-51-43-34-24-19-17-15-13-11-10-12-14-16-18-22-29-37-45-53-67(2)3/h67-73,78H,9-66H2,1-8H3,(H,83,84)(H,85,86)/t70?,71?,72-,73-/m1/s1. The van der Waals surface area contributed by atoms with E-state index >= 15 is 0 Å². The van der Waals surface area contributed by atoms with Crippen LogP contribution in [-0.4, -0.2) is 96.7 Å². The molecule has 0 saturated carbocycles. The van der Waals surface area contributed by atoms with Gasteiger partial charge in [-0.1, -0.05) is 338 Å². The van der Waals surface area contributed by atoms with Gasteiger partial charge in [-0.15, -0.1) is 0 Å². The maximum atomic E-state index is 13.1. The van der Waals surface area contributed by atoms with Gasteiger partial charge in [0.05, 0.1) is 26.4 Å². The van der Waals surface area contributed by atoms with Crippen molar-refractivity contribution in [2.24, 2.45) is 23.7 Å². The van der Waals surface area contributed by atoms with Crippen LogP contribution in [0.2, 0.25) is 0 Å². The summed E-state index contributed by atoms with van der Waals surface area (Å²) in [5.41, 5.74) is 0. The predicted octanol–water partition coefficient (Wildman–Crippen LogP) is 22.4. The Bertz CT molecular complexity index is 1890. The van der Waals surface area contributed by atoms with Crippen LogP contribution in [0.1, 0.15) is 389 Å². The summed E-state index contributed by atoms with van der Waals surface area (Å²) in [5.74, 6) is 0.933. The first kappa shape index (κ1) is 94.1. The smallest absolute Gasteiger partial charge is 0.462 e. The number of carbonyl (C=O) groups is 4. The average Bonchev–Trinajstić information content (AvgIpc) is 1.80. The maximum absolute atomic E-state index is 13.1. The molecule has 0 aliphatic heterocycles. The van der Waals surface area contributed by atoms with Crippen molar-refractivity contribution in [2.75, 3.05) is 39.6 Å². The number of unbranched alkanes of at least 4 members (excludes halogenated alkanes) is 39. The number of phosphoric acid groups is 2. The molecule has 0 bridgehead atoms. The minimum Gasteiger partial charge on any atom is -0.462 e. The van der Waals surface area contributed by atoms with Crippen molar-refractivity contribution in [3.05, 3.63) is 0 Å². The largest absolute Gasteiger partial charge is 0.472 e. The SMILES string of the molecule is CCC(C)CCCCCCCCCCCCC(=O)O[C@H](COC(=O)CCCCCCCCCCC(C)C)COP(=O)(O)OCC(O)COP(=O)(O)OC[C@@H](COC(=O)CCCCCCCCCC(C)C)OC(=O)CCCCCCCCCCCCCCCCCCCCC(C)C. The summed E-state index contributed by atoms with van der Waals surface area (Å²) < 4.78 is 68.5. The first-order valence-corrected chi connectivity index (χ1v) is 42.7. The third kappa shape index (κ3) is 69.2. The van der Waals surface area contributed by atoms with Crippen molar-refractivity contribution < 1.29 is 80.2 Å². The molecule has 0 aliphatic carbocycles. The first-order valence-electron chi connectivity index (χ1n) is 39.7. The van der Waals surface area contributed by atoms with E-state index < -0.39 is 97.5 Å². The Kier molecular flexibility index (Phi) is 65.0. The van der Waals surface area contributed by atoms with Gasteiger partial charge in [0, 0.05) is 25.7 Å². The van der Waals surface area contributed by atoms with E-state index in [1.165, 1.54) is 186 Å². The van der Waals surface area contributed by atoms with Crippen LogP contribution in [0.15, 0.2) is 0 Å². The number of aliphatic hydroxyl groups is 1. The summed E-state index contributed by atoms with van der Waals surface area (Å²) in [6.45, 7) is 14.2. The van der Waals surface area contributed by atoms with Crippen molar-refractivity contribution in [3.8, 4) is 0 Å². The van der Waals surface area contributed by atoms with E-state index in [9.17, 15) is 43.2 Å².